The molecule has 1 unspecified atom stereocenters. The third kappa shape index (κ3) is 5.08. The van der Waals surface area contributed by atoms with Crippen molar-refractivity contribution in [1.29, 1.82) is 0 Å². The summed E-state index contributed by atoms with van der Waals surface area (Å²) in [5, 5.41) is 9.64. The summed E-state index contributed by atoms with van der Waals surface area (Å²) in [4.78, 5) is 0. The molecule has 5 nitrogen and oxygen atoms in total. The summed E-state index contributed by atoms with van der Waals surface area (Å²) in [6.07, 6.45) is 0.532. The summed E-state index contributed by atoms with van der Waals surface area (Å²) < 4.78 is 27.7. The minimum atomic E-state index is -3.60. The largest absolute Gasteiger partial charge is 0.395 e. The van der Waals surface area contributed by atoms with E-state index in [9.17, 15) is 8.42 Å². The second-order valence-corrected chi connectivity index (χ2v) is 6.54. The second-order valence-electron chi connectivity index (χ2n) is 4.29. The molecule has 0 saturated carbocycles. The van der Waals surface area contributed by atoms with Gasteiger partial charge in [0.2, 0.25) is 0 Å². The summed E-state index contributed by atoms with van der Waals surface area (Å²) in [5.41, 5.74) is 0.842. The van der Waals surface area contributed by atoms with Gasteiger partial charge in [-0.15, -0.1) is 0 Å². The zero-order valence-electron chi connectivity index (χ0n) is 11.0. The number of nitrogens with one attached hydrogen (secondary N) is 1. The molecule has 0 aliphatic rings. The molecule has 1 rings (SSSR count). The highest BCUT2D eigenvalue weighted by atomic mass is 35.5. The Morgan fingerprint density at radius 3 is 2.42 bits per heavy atom. The molecule has 1 atom stereocenters. The SMILES string of the molecule is CCC(CO)NS(=O)(=O)N(C)Cc1ccc(Cl)cc1. The maximum absolute atomic E-state index is 12.0. The molecule has 0 bridgehead atoms. The van der Waals surface area contributed by atoms with Crippen LogP contribution in [0, 0.1) is 0 Å². The molecule has 0 aromatic heterocycles. The van der Waals surface area contributed by atoms with Gasteiger partial charge in [0.05, 0.1) is 6.61 Å². The van der Waals surface area contributed by atoms with E-state index in [0.29, 0.717) is 11.4 Å². The number of aliphatic hydroxyl groups is 1. The minimum absolute atomic E-state index is 0.218. The number of benzene rings is 1. The Labute approximate surface area is 119 Å². The monoisotopic (exact) mass is 306 g/mol. The van der Waals surface area contributed by atoms with Crippen molar-refractivity contribution in [2.24, 2.45) is 0 Å². The smallest absolute Gasteiger partial charge is 0.279 e. The Hall–Kier alpha value is -0.660. The van der Waals surface area contributed by atoms with Gasteiger partial charge in [0.25, 0.3) is 10.2 Å². The number of halogens is 1. The average Bonchev–Trinajstić information content (AvgIpc) is 2.38. The average molecular weight is 307 g/mol. The molecular formula is C12H19ClN2O3S. The van der Waals surface area contributed by atoms with Crippen molar-refractivity contribution in [1.82, 2.24) is 9.03 Å². The minimum Gasteiger partial charge on any atom is -0.395 e. The van der Waals surface area contributed by atoms with Gasteiger partial charge < -0.3 is 5.11 Å². The molecule has 1 aromatic carbocycles. The van der Waals surface area contributed by atoms with Gasteiger partial charge in [0.15, 0.2) is 0 Å². The molecule has 0 amide bonds. The molecule has 0 aliphatic carbocycles. The molecule has 7 heteroatoms. The maximum Gasteiger partial charge on any atom is 0.279 e. The van der Waals surface area contributed by atoms with E-state index in [1.165, 1.54) is 11.4 Å². The van der Waals surface area contributed by atoms with Gasteiger partial charge >= 0.3 is 0 Å². The topological polar surface area (TPSA) is 69.6 Å². The Balaban J connectivity index is 2.70. The van der Waals surface area contributed by atoms with E-state index in [1.807, 2.05) is 6.92 Å². The standard InChI is InChI=1S/C12H19ClN2O3S/c1-3-12(9-16)14-19(17,18)15(2)8-10-4-6-11(13)7-5-10/h4-7,12,14,16H,3,8-9H2,1-2H3. The van der Waals surface area contributed by atoms with Crippen LogP contribution in [-0.2, 0) is 16.8 Å². The van der Waals surface area contributed by atoms with Crippen LogP contribution in [0.15, 0.2) is 24.3 Å². The molecule has 0 heterocycles. The van der Waals surface area contributed by atoms with Crippen molar-refractivity contribution >= 4 is 21.8 Å². The lowest BCUT2D eigenvalue weighted by Crippen LogP contribution is -2.44. The summed E-state index contributed by atoms with van der Waals surface area (Å²) in [6.45, 7) is 1.83. The van der Waals surface area contributed by atoms with Gasteiger partial charge in [-0.25, -0.2) is 0 Å². The lowest BCUT2D eigenvalue weighted by atomic mass is 10.2. The summed E-state index contributed by atoms with van der Waals surface area (Å²) in [6, 6.07) is 6.52. The summed E-state index contributed by atoms with van der Waals surface area (Å²) in [7, 11) is -2.11. The molecule has 108 valence electrons. The first-order valence-electron chi connectivity index (χ1n) is 5.98. The van der Waals surface area contributed by atoms with Gasteiger partial charge in [0, 0.05) is 24.7 Å². The van der Waals surface area contributed by atoms with E-state index in [2.05, 4.69) is 4.72 Å². The van der Waals surface area contributed by atoms with Crippen LogP contribution in [0.4, 0.5) is 0 Å². The molecule has 0 radical (unpaired) electrons. The highest BCUT2D eigenvalue weighted by Crippen LogP contribution is 2.12. The molecule has 2 N–H and O–H groups in total. The maximum atomic E-state index is 12.0. The number of rotatable bonds is 7. The van der Waals surface area contributed by atoms with Crippen molar-refractivity contribution in [2.75, 3.05) is 13.7 Å². The second kappa shape index (κ2) is 7.21. The fraction of sp³-hybridized carbons (Fsp3) is 0.500. The first-order chi connectivity index (χ1) is 8.89. The van der Waals surface area contributed by atoms with E-state index < -0.39 is 16.3 Å². The molecule has 0 saturated heterocycles. The van der Waals surface area contributed by atoms with Crippen molar-refractivity contribution in [2.45, 2.75) is 25.9 Å². The number of hydrogen-bond acceptors (Lipinski definition) is 3. The van der Waals surface area contributed by atoms with Crippen LogP contribution in [0.2, 0.25) is 5.02 Å². The predicted molar refractivity (Wildman–Crippen MR) is 76.1 cm³/mol. The molecule has 19 heavy (non-hydrogen) atoms. The Kier molecular flexibility index (Phi) is 6.22. The van der Waals surface area contributed by atoms with Crippen LogP contribution in [0.1, 0.15) is 18.9 Å². The third-order valence-electron chi connectivity index (χ3n) is 2.76. The lowest BCUT2D eigenvalue weighted by molar-refractivity contribution is 0.251. The van der Waals surface area contributed by atoms with E-state index in [4.69, 9.17) is 16.7 Å². The fourth-order valence-corrected chi connectivity index (χ4v) is 2.77. The first kappa shape index (κ1) is 16.4. The van der Waals surface area contributed by atoms with Crippen LogP contribution in [0.5, 0.6) is 0 Å². The highest BCUT2D eigenvalue weighted by Gasteiger charge is 2.21. The van der Waals surface area contributed by atoms with Crippen molar-refractivity contribution < 1.29 is 13.5 Å². The summed E-state index contributed by atoms with van der Waals surface area (Å²) >= 11 is 5.77. The highest BCUT2D eigenvalue weighted by molar-refractivity contribution is 7.87. The van der Waals surface area contributed by atoms with Gasteiger partial charge in [-0.05, 0) is 24.1 Å². The van der Waals surface area contributed by atoms with E-state index in [1.54, 1.807) is 24.3 Å². The van der Waals surface area contributed by atoms with Crippen LogP contribution >= 0.6 is 11.6 Å². The quantitative estimate of drug-likeness (QED) is 0.799. The van der Waals surface area contributed by atoms with E-state index in [-0.39, 0.29) is 13.2 Å². The van der Waals surface area contributed by atoms with Crippen LogP contribution in [0.3, 0.4) is 0 Å². The van der Waals surface area contributed by atoms with Gasteiger partial charge in [-0.2, -0.15) is 17.4 Å². The zero-order chi connectivity index (χ0) is 14.5. The summed E-state index contributed by atoms with van der Waals surface area (Å²) in [5.74, 6) is 0. The van der Waals surface area contributed by atoms with Crippen molar-refractivity contribution in [3.8, 4) is 0 Å². The van der Waals surface area contributed by atoms with Crippen molar-refractivity contribution in [3.05, 3.63) is 34.9 Å². The Bertz CT molecular complexity index is 486. The molecule has 0 aliphatic heterocycles. The van der Waals surface area contributed by atoms with Gasteiger partial charge in [-0.1, -0.05) is 30.7 Å². The van der Waals surface area contributed by atoms with Crippen molar-refractivity contribution in [3.63, 3.8) is 0 Å². The van der Waals surface area contributed by atoms with Gasteiger partial charge in [0.1, 0.15) is 0 Å². The normalized spacial score (nSPS) is 13.7. The predicted octanol–water partition coefficient (Wildman–Crippen LogP) is 1.38. The molecular weight excluding hydrogens is 288 g/mol. The van der Waals surface area contributed by atoms with Crippen LogP contribution < -0.4 is 4.72 Å². The molecule has 0 fully saturated rings. The van der Waals surface area contributed by atoms with Gasteiger partial charge in [-0.3, -0.25) is 0 Å². The number of nitrogens with zero attached hydrogens (tertiary/aromatic N) is 1. The lowest BCUT2D eigenvalue weighted by Gasteiger charge is -2.21. The molecule has 1 aromatic rings. The van der Waals surface area contributed by atoms with Crippen LogP contribution in [-0.4, -0.2) is 37.5 Å². The van der Waals surface area contributed by atoms with Crippen LogP contribution in [0.25, 0.3) is 0 Å². The van der Waals surface area contributed by atoms with E-state index >= 15 is 0 Å². The first-order valence-corrected chi connectivity index (χ1v) is 7.79. The Morgan fingerprint density at radius 2 is 1.95 bits per heavy atom. The fourth-order valence-electron chi connectivity index (χ4n) is 1.48. The van der Waals surface area contributed by atoms with E-state index in [0.717, 1.165) is 5.56 Å². The third-order valence-corrected chi connectivity index (χ3v) is 4.59. The Morgan fingerprint density at radius 1 is 1.37 bits per heavy atom. The number of aliphatic hydroxyl groups excluding tert-OH is 1. The molecule has 0 spiro atoms. The number of hydrogen-bond donors (Lipinski definition) is 2. The zero-order valence-corrected chi connectivity index (χ0v) is 12.6.